The molecule has 0 spiro atoms. The zero-order chi connectivity index (χ0) is 22.8. The number of aromatic amines is 1. The van der Waals surface area contributed by atoms with Crippen molar-refractivity contribution in [2.45, 2.75) is 26.2 Å². The van der Waals surface area contributed by atoms with Crippen LogP contribution in [0.4, 0.5) is 5.69 Å². The number of fused-ring (bicyclic) bond motifs is 2. The summed E-state index contributed by atoms with van der Waals surface area (Å²) in [5.41, 5.74) is 7.33. The number of hydrogen-bond acceptors (Lipinski definition) is 2. The molecule has 2 heterocycles. The maximum absolute atomic E-state index is 12.5. The number of carbonyl (C=O) groups excluding carboxylic acids is 1. The Morgan fingerprint density at radius 3 is 2.67 bits per heavy atom. The summed E-state index contributed by atoms with van der Waals surface area (Å²) in [6, 6.07) is 26.7. The number of nitrogens with one attached hydrogen (secondary N) is 2. The van der Waals surface area contributed by atoms with E-state index >= 15 is 0 Å². The van der Waals surface area contributed by atoms with Crippen molar-refractivity contribution in [3.05, 3.63) is 93.6 Å². The minimum Gasteiger partial charge on any atom is -0.353 e. The number of carbonyl (C=O) groups is 1. The van der Waals surface area contributed by atoms with Crippen LogP contribution < -0.4 is 5.32 Å². The largest absolute Gasteiger partial charge is 0.353 e. The van der Waals surface area contributed by atoms with Crippen molar-refractivity contribution >= 4 is 56.0 Å². The van der Waals surface area contributed by atoms with Crippen molar-refractivity contribution in [1.29, 1.82) is 0 Å². The molecule has 3 aromatic carbocycles. The lowest BCUT2D eigenvalue weighted by atomic mass is 10.0. The number of H-pyrrole nitrogens is 1. The Balaban J connectivity index is 1.40. The van der Waals surface area contributed by atoms with Gasteiger partial charge in [-0.1, -0.05) is 35.9 Å². The number of aryl methyl sites for hydroxylation is 2. The van der Waals surface area contributed by atoms with Gasteiger partial charge in [-0.05, 0) is 96.5 Å². The molecule has 2 N–H and O–H groups in total. The highest BCUT2D eigenvalue weighted by Gasteiger charge is 2.15. The average molecular weight is 545 g/mol. The molecule has 4 nitrogen and oxygen atoms in total. The number of halogens is 1. The van der Waals surface area contributed by atoms with Crippen LogP contribution in [0.25, 0.3) is 33.2 Å². The molecule has 33 heavy (non-hydrogen) atoms. The molecule has 0 aliphatic rings. The predicted octanol–water partition coefficient (Wildman–Crippen LogP) is 7.26. The average Bonchev–Trinajstić information content (AvgIpc) is 3.18. The van der Waals surface area contributed by atoms with Crippen molar-refractivity contribution in [2.24, 2.45) is 0 Å². The van der Waals surface area contributed by atoms with Gasteiger partial charge in [0, 0.05) is 32.0 Å². The number of nitrogens with zero attached hydrogens (tertiary/aromatic N) is 1. The summed E-state index contributed by atoms with van der Waals surface area (Å²) in [6.07, 6.45) is 2.03. The van der Waals surface area contributed by atoms with E-state index < -0.39 is 0 Å². The van der Waals surface area contributed by atoms with E-state index in [0.29, 0.717) is 6.42 Å². The first-order valence-corrected chi connectivity index (χ1v) is 12.2. The van der Waals surface area contributed by atoms with E-state index in [2.05, 4.69) is 76.2 Å². The van der Waals surface area contributed by atoms with Crippen molar-refractivity contribution in [1.82, 2.24) is 9.97 Å². The number of rotatable bonds is 6. The first kappa shape index (κ1) is 21.6. The summed E-state index contributed by atoms with van der Waals surface area (Å²) in [5, 5.41) is 5.33. The summed E-state index contributed by atoms with van der Waals surface area (Å²) in [5.74, 6) is 0.0395. The molecule has 0 saturated carbocycles. The first-order chi connectivity index (χ1) is 16.1. The van der Waals surface area contributed by atoms with Gasteiger partial charge in [0.2, 0.25) is 5.91 Å². The van der Waals surface area contributed by atoms with Crippen molar-refractivity contribution in [3.8, 4) is 11.4 Å². The smallest absolute Gasteiger partial charge is 0.224 e. The van der Waals surface area contributed by atoms with Crippen LogP contribution in [0.1, 0.15) is 24.0 Å². The van der Waals surface area contributed by atoms with Gasteiger partial charge in [-0.15, -0.1) is 0 Å². The number of amides is 1. The number of benzene rings is 3. The zero-order valence-electron chi connectivity index (χ0n) is 18.4. The molecule has 0 bridgehead atoms. The minimum absolute atomic E-state index is 0.0395. The molecule has 0 unspecified atom stereocenters. The molecular weight excluding hydrogens is 521 g/mol. The molecule has 164 valence electrons. The molecular formula is C28H24IN3O. The van der Waals surface area contributed by atoms with E-state index in [1.54, 1.807) is 0 Å². The second kappa shape index (κ2) is 9.35. The van der Waals surface area contributed by atoms with E-state index in [1.165, 1.54) is 16.5 Å². The predicted molar refractivity (Wildman–Crippen MR) is 144 cm³/mol. The van der Waals surface area contributed by atoms with Gasteiger partial charge in [0.25, 0.3) is 0 Å². The Morgan fingerprint density at radius 2 is 1.82 bits per heavy atom. The lowest BCUT2D eigenvalue weighted by Gasteiger charge is -2.08. The third-order valence-electron chi connectivity index (χ3n) is 5.87. The van der Waals surface area contributed by atoms with Crippen LogP contribution >= 0.6 is 22.6 Å². The Morgan fingerprint density at radius 1 is 1.00 bits per heavy atom. The molecule has 0 aliphatic carbocycles. The zero-order valence-corrected chi connectivity index (χ0v) is 20.5. The fourth-order valence-electron chi connectivity index (χ4n) is 4.23. The molecule has 2 aromatic heterocycles. The number of anilines is 1. The third kappa shape index (κ3) is 4.78. The molecule has 5 rings (SSSR count). The van der Waals surface area contributed by atoms with E-state index in [4.69, 9.17) is 4.98 Å². The maximum atomic E-state index is 12.5. The lowest BCUT2D eigenvalue weighted by Crippen LogP contribution is -2.11. The van der Waals surface area contributed by atoms with Gasteiger partial charge in [-0.2, -0.15) is 0 Å². The van der Waals surface area contributed by atoms with E-state index in [0.717, 1.165) is 49.9 Å². The van der Waals surface area contributed by atoms with Crippen LogP contribution in [0.2, 0.25) is 0 Å². The fourth-order valence-corrected chi connectivity index (χ4v) is 4.59. The molecule has 1 amide bonds. The minimum atomic E-state index is 0.0395. The standard InChI is InChI=1S/C28H24IN3O/c1-18-9-15-25-23(17-18)22(6-4-8-27(33)30-21-13-11-20(29)12-14-21)28(32-25)26-16-10-19-5-2-3-7-24(19)31-26/h2-3,5,7,9-17,32H,4,6,8H2,1H3,(H,30,33). The van der Waals surface area contributed by atoms with Crippen LogP contribution in [0.15, 0.2) is 78.9 Å². The Hall–Kier alpha value is -3.19. The topological polar surface area (TPSA) is 57.8 Å². The fraction of sp³-hybridized carbons (Fsp3) is 0.143. The molecule has 0 atom stereocenters. The molecule has 5 heteroatoms. The maximum Gasteiger partial charge on any atom is 0.224 e. The summed E-state index contributed by atoms with van der Waals surface area (Å²) >= 11 is 2.26. The van der Waals surface area contributed by atoms with Crippen LogP contribution in [0.3, 0.4) is 0 Å². The second-order valence-electron chi connectivity index (χ2n) is 8.33. The van der Waals surface area contributed by atoms with Crippen LogP contribution in [0, 0.1) is 10.5 Å². The van der Waals surface area contributed by atoms with Gasteiger partial charge in [0.05, 0.1) is 16.9 Å². The number of hydrogen-bond donors (Lipinski definition) is 2. The molecule has 0 aliphatic heterocycles. The highest BCUT2D eigenvalue weighted by Crippen LogP contribution is 2.32. The number of para-hydroxylation sites is 1. The van der Waals surface area contributed by atoms with Gasteiger partial charge in [-0.3, -0.25) is 4.79 Å². The van der Waals surface area contributed by atoms with Gasteiger partial charge in [0.1, 0.15) is 0 Å². The number of pyridine rings is 1. The molecule has 5 aromatic rings. The second-order valence-corrected chi connectivity index (χ2v) is 9.57. The van der Waals surface area contributed by atoms with Gasteiger partial charge < -0.3 is 10.3 Å². The summed E-state index contributed by atoms with van der Waals surface area (Å²) in [6.45, 7) is 2.11. The van der Waals surface area contributed by atoms with Gasteiger partial charge in [0.15, 0.2) is 0 Å². The van der Waals surface area contributed by atoms with Crippen LogP contribution in [0.5, 0.6) is 0 Å². The normalized spacial score (nSPS) is 11.2. The highest BCUT2D eigenvalue weighted by atomic mass is 127. The summed E-state index contributed by atoms with van der Waals surface area (Å²) in [7, 11) is 0. The van der Waals surface area contributed by atoms with E-state index in [-0.39, 0.29) is 5.91 Å². The van der Waals surface area contributed by atoms with Gasteiger partial charge in [-0.25, -0.2) is 4.98 Å². The quantitative estimate of drug-likeness (QED) is 0.221. The molecule has 0 fully saturated rings. The molecule has 0 radical (unpaired) electrons. The first-order valence-electron chi connectivity index (χ1n) is 11.1. The SMILES string of the molecule is Cc1ccc2[nH]c(-c3ccc4ccccc4n3)c(CCCC(=O)Nc3ccc(I)cc3)c2c1. The van der Waals surface area contributed by atoms with Crippen molar-refractivity contribution < 1.29 is 4.79 Å². The molecule has 0 saturated heterocycles. The highest BCUT2D eigenvalue weighted by molar-refractivity contribution is 14.1. The summed E-state index contributed by atoms with van der Waals surface area (Å²) in [4.78, 5) is 21.0. The monoisotopic (exact) mass is 545 g/mol. The van der Waals surface area contributed by atoms with Crippen LogP contribution in [-0.4, -0.2) is 15.9 Å². The van der Waals surface area contributed by atoms with E-state index in [9.17, 15) is 4.79 Å². The van der Waals surface area contributed by atoms with Crippen LogP contribution in [-0.2, 0) is 11.2 Å². The lowest BCUT2D eigenvalue weighted by molar-refractivity contribution is -0.116. The Labute approximate surface area is 206 Å². The van der Waals surface area contributed by atoms with E-state index in [1.807, 2.05) is 42.5 Å². The summed E-state index contributed by atoms with van der Waals surface area (Å²) < 4.78 is 1.15. The third-order valence-corrected chi connectivity index (χ3v) is 6.59. The van der Waals surface area contributed by atoms with Gasteiger partial charge >= 0.3 is 0 Å². The van der Waals surface area contributed by atoms with Crippen molar-refractivity contribution in [2.75, 3.05) is 5.32 Å². The van der Waals surface area contributed by atoms with Crippen molar-refractivity contribution in [3.63, 3.8) is 0 Å². The Kier molecular flexibility index (Phi) is 6.13. The number of aromatic nitrogens is 2. The Bertz CT molecular complexity index is 1450.